The third-order valence-corrected chi connectivity index (χ3v) is 7.65. The van der Waals surface area contributed by atoms with Crippen LogP contribution in [0.3, 0.4) is 0 Å². The Bertz CT molecular complexity index is 794. The Morgan fingerprint density at radius 1 is 1.16 bits per heavy atom. The minimum atomic E-state index is -0.280. The van der Waals surface area contributed by atoms with E-state index in [2.05, 4.69) is 39.8 Å². The maximum absolute atomic E-state index is 11.9. The lowest BCUT2D eigenvalue weighted by atomic mass is 9.73. The molecule has 2 unspecified atom stereocenters. The molecule has 1 aromatic rings. The van der Waals surface area contributed by atoms with Crippen LogP contribution in [0.2, 0.25) is 0 Å². The Balaban J connectivity index is 0.00000289. The molecule has 0 aromatic heterocycles. The van der Waals surface area contributed by atoms with Crippen LogP contribution < -0.4 is 10.6 Å². The molecule has 1 aliphatic heterocycles. The van der Waals surface area contributed by atoms with E-state index >= 15 is 0 Å². The lowest BCUT2D eigenvalue weighted by Crippen LogP contribution is -2.48. The van der Waals surface area contributed by atoms with Gasteiger partial charge in [0.2, 0.25) is 5.91 Å². The highest BCUT2D eigenvalue weighted by atomic mass is 16.5. The van der Waals surface area contributed by atoms with Crippen molar-refractivity contribution < 1.29 is 15.8 Å². The molecule has 4 rings (SSSR count). The third-order valence-electron chi connectivity index (χ3n) is 7.65. The summed E-state index contributed by atoms with van der Waals surface area (Å²) in [5.74, 6) is 0.0490. The van der Waals surface area contributed by atoms with Crippen molar-refractivity contribution in [1.29, 1.82) is 0 Å². The van der Waals surface area contributed by atoms with Crippen molar-refractivity contribution in [2.45, 2.75) is 88.8 Å². The molecular weight excluding hydrogens is 390 g/mol. The average Bonchev–Trinajstić information content (AvgIpc) is 2.89. The molecule has 0 bridgehead atoms. The van der Waals surface area contributed by atoms with Crippen molar-refractivity contribution >= 4 is 12.0 Å². The summed E-state index contributed by atoms with van der Waals surface area (Å²) in [4.78, 5) is 26.3. The normalized spacial score (nSPS) is 27.9. The summed E-state index contributed by atoms with van der Waals surface area (Å²) in [6.45, 7) is 6.03. The van der Waals surface area contributed by atoms with Gasteiger partial charge in [0.25, 0.3) is 0 Å². The zero-order chi connectivity index (χ0) is 21.8. The number of amides is 2. The SMILES string of the molecule is CCOC(=O)NC1CCCCC(N2CCC3(CC2)C[C@H](NC(C)=O)c2ccccc23)C1.[HH]. The molecule has 3 aliphatic rings. The van der Waals surface area contributed by atoms with E-state index in [4.69, 9.17) is 4.74 Å². The fourth-order valence-electron chi connectivity index (χ4n) is 6.20. The van der Waals surface area contributed by atoms with Crippen LogP contribution in [0.15, 0.2) is 24.3 Å². The van der Waals surface area contributed by atoms with Crippen LogP contribution in [-0.4, -0.2) is 48.7 Å². The quantitative estimate of drug-likeness (QED) is 0.701. The lowest BCUT2D eigenvalue weighted by Gasteiger charge is -2.44. The number of benzene rings is 1. The van der Waals surface area contributed by atoms with Gasteiger partial charge in [-0.3, -0.25) is 4.79 Å². The highest BCUT2D eigenvalue weighted by molar-refractivity contribution is 5.74. The Morgan fingerprint density at radius 3 is 2.65 bits per heavy atom. The first kappa shape index (κ1) is 22.1. The van der Waals surface area contributed by atoms with Gasteiger partial charge >= 0.3 is 6.09 Å². The molecule has 2 N–H and O–H groups in total. The van der Waals surface area contributed by atoms with Gasteiger partial charge in [0.05, 0.1) is 12.6 Å². The minimum Gasteiger partial charge on any atom is -0.450 e. The van der Waals surface area contributed by atoms with Crippen molar-refractivity contribution in [2.75, 3.05) is 19.7 Å². The van der Waals surface area contributed by atoms with Crippen molar-refractivity contribution in [2.24, 2.45) is 0 Å². The van der Waals surface area contributed by atoms with Gasteiger partial charge in [-0.15, -0.1) is 0 Å². The first-order valence-corrected chi connectivity index (χ1v) is 12.0. The summed E-state index contributed by atoms with van der Waals surface area (Å²) in [6, 6.07) is 9.56. The molecule has 1 saturated carbocycles. The molecular formula is C25H39N3O3. The van der Waals surface area contributed by atoms with Crippen LogP contribution in [-0.2, 0) is 14.9 Å². The molecule has 6 heteroatoms. The summed E-state index contributed by atoms with van der Waals surface area (Å²) >= 11 is 0. The van der Waals surface area contributed by atoms with E-state index in [9.17, 15) is 9.59 Å². The molecule has 1 saturated heterocycles. The van der Waals surface area contributed by atoms with Crippen LogP contribution in [0.25, 0.3) is 0 Å². The number of nitrogens with one attached hydrogen (secondary N) is 2. The monoisotopic (exact) mass is 429 g/mol. The topological polar surface area (TPSA) is 70.7 Å². The predicted molar refractivity (Wildman–Crippen MR) is 123 cm³/mol. The fraction of sp³-hybridized carbons (Fsp3) is 0.680. The Kier molecular flexibility index (Phi) is 6.85. The highest BCUT2D eigenvalue weighted by Gasteiger charge is 2.46. The minimum absolute atomic E-state index is 0. The standard InChI is InChI=1S/C25H37N3O3.H2/c1-3-31-24(30)27-19-8-4-5-9-20(16-19)28-14-12-25(13-15-28)17-23(26-18(2)29)21-10-6-7-11-22(21)25;/h6-7,10-11,19-20,23H,3-5,8-9,12-17H2,1-2H3,(H,26,29)(H,27,30);1H/t19?,20?,23-;/m0./s1. The van der Waals surface area contributed by atoms with E-state index in [1.807, 2.05) is 6.92 Å². The maximum Gasteiger partial charge on any atom is 0.407 e. The molecule has 3 atom stereocenters. The smallest absolute Gasteiger partial charge is 0.407 e. The molecule has 172 valence electrons. The number of carbonyl (C=O) groups is 2. The number of ether oxygens (including phenoxy) is 1. The predicted octanol–water partition coefficient (Wildman–Crippen LogP) is 4.29. The molecule has 31 heavy (non-hydrogen) atoms. The zero-order valence-electron chi connectivity index (χ0n) is 19.0. The van der Waals surface area contributed by atoms with E-state index in [1.54, 1.807) is 6.92 Å². The van der Waals surface area contributed by atoms with Crippen LogP contribution in [0.1, 0.15) is 83.8 Å². The van der Waals surface area contributed by atoms with Gasteiger partial charge in [0, 0.05) is 25.8 Å². The summed E-state index contributed by atoms with van der Waals surface area (Å²) in [5.41, 5.74) is 2.92. The summed E-state index contributed by atoms with van der Waals surface area (Å²) in [6.07, 6.45) is 8.64. The van der Waals surface area contributed by atoms with E-state index in [0.29, 0.717) is 12.6 Å². The molecule has 2 aliphatic carbocycles. The molecule has 1 heterocycles. The largest absolute Gasteiger partial charge is 0.450 e. The Morgan fingerprint density at radius 2 is 1.90 bits per heavy atom. The summed E-state index contributed by atoms with van der Waals surface area (Å²) in [7, 11) is 0. The number of nitrogens with zero attached hydrogens (tertiary/aromatic N) is 1. The van der Waals surface area contributed by atoms with Crippen molar-refractivity contribution in [3.63, 3.8) is 0 Å². The molecule has 6 nitrogen and oxygen atoms in total. The second-order valence-electron chi connectivity index (χ2n) is 9.60. The van der Waals surface area contributed by atoms with Crippen molar-refractivity contribution in [3.05, 3.63) is 35.4 Å². The van der Waals surface area contributed by atoms with Gasteiger partial charge in [-0.1, -0.05) is 37.1 Å². The number of likely N-dealkylation sites (tertiary alicyclic amines) is 1. The first-order valence-electron chi connectivity index (χ1n) is 12.0. The van der Waals surface area contributed by atoms with Gasteiger partial charge in [-0.05, 0) is 69.7 Å². The Labute approximate surface area is 187 Å². The number of hydrogen-bond acceptors (Lipinski definition) is 4. The molecule has 0 radical (unpaired) electrons. The summed E-state index contributed by atoms with van der Waals surface area (Å²) < 4.78 is 5.11. The van der Waals surface area contributed by atoms with E-state index in [-0.39, 0.29) is 30.9 Å². The molecule has 1 spiro atoms. The van der Waals surface area contributed by atoms with Crippen LogP contribution in [0.4, 0.5) is 4.79 Å². The van der Waals surface area contributed by atoms with Crippen molar-refractivity contribution in [1.82, 2.24) is 15.5 Å². The molecule has 2 amide bonds. The van der Waals surface area contributed by atoms with Gasteiger partial charge < -0.3 is 20.3 Å². The number of rotatable bonds is 4. The Hall–Kier alpha value is -2.08. The van der Waals surface area contributed by atoms with Crippen LogP contribution in [0.5, 0.6) is 0 Å². The van der Waals surface area contributed by atoms with E-state index < -0.39 is 0 Å². The first-order chi connectivity index (χ1) is 15.0. The summed E-state index contributed by atoms with van der Waals surface area (Å²) in [5, 5.41) is 6.27. The maximum atomic E-state index is 11.9. The molecule has 1 aromatic carbocycles. The zero-order valence-corrected chi connectivity index (χ0v) is 19.0. The van der Waals surface area contributed by atoms with Crippen LogP contribution >= 0.6 is 0 Å². The number of fused-ring (bicyclic) bond motifs is 2. The lowest BCUT2D eigenvalue weighted by molar-refractivity contribution is -0.119. The number of piperidine rings is 1. The fourth-order valence-corrected chi connectivity index (χ4v) is 6.20. The van der Waals surface area contributed by atoms with Gasteiger partial charge in [0.15, 0.2) is 0 Å². The number of carbonyl (C=O) groups excluding carboxylic acids is 2. The third kappa shape index (κ3) is 4.89. The van der Waals surface area contributed by atoms with Crippen LogP contribution in [0, 0.1) is 0 Å². The van der Waals surface area contributed by atoms with Gasteiger partial charge in [0.1, 0.15) is 0 Å². The average molecular weight is 430 g/mol. The van der Waals surface area contributed by atoms with E-state index in [1.165, 1.54) is 24.0 Å². The molecule has 2 fully saturated rings. The van der Waals surface area contributed by atoms with Crippen molar-refractivity contribution in [3.8, 4) is 0 Å². The van der Waals surface area contributed by atoms with Gasteiger partial charge in [-0.25, -0.2) is 4.79 Å². The van der Waals surface area contributed by atoms with E-state index in [0.717, 1.165) is 51.6 Å². The second kappa shape index (κ2) is 9.60. The van der Waals surface area contributed by atoms with Gasteiger partial charge in [-0.2, -0.15) is 0 Å². The number of hydrogen-bond donors (Lipinski definition) is 2. The highest BCUT2D eigenvalue weighted by Crippen LogP contribution is 2.51. The second-order valence-corrected chi connectivity index (χ2v) is 9.60. The number of alkyl carbamates (subject to hydrolysis) is 1.